The Kier molecular flexibility index (Phi) is 4.71. The fourth-order valence-corrected chi connectivity index (χ4v) is 3.11. The van der Waals surface area contributed by atoms with E-state index in [1.807, 2.05) is 30.5 Å². The van der Waals surface area contributed by atoms with Crippen LogP contribution in [0.25, 0.3) is 0 Å². The lowest BCUT2D eigenvalue weighted by atomic mass is 10.1. The number of nitrogens with one attached hydrogen (secondary N) is 1. The second-order valence-corrected chi connectivity index (χ2v) is 5.83. The first-order chi connectivity index (χ1) is 10.8. The van der Waals surface area contributed by atoms with E-state index in [-0.39, 0.29) is 13.2 Å². The molecule has 1 aromatic heterocycles. The molecular formula is C18H22N2O2. The van der Waals surface area contributed by atoms with E-state index in [9.17, 15) is 10.2 Å². The predicted molar refractivity (Wildman–Crippen MR) is 86.6 cm³/mol. The largest absolute Gasteiger partial charge is 0.392 e. The molecule has 116 valence electrons. The van der Waals surface area contributed by atoms with Gasteiger partial charge in [0.2, 0.25) is 0 Å². The number of anilines is 1. The molecule has 0 amide bonds. The minimum Gasteiger partial charge on any atom is -0.392 e. The van der Waals surface area contributed by atoms with E-state index in [1.165, 1.54) is 11.3 Å². The number of benzene rings is 1. The molecule has 1 atom stereocenters. The summed E-state index contributed by atoms with van der Waals surface area (Å²) in [5.41, 5.74) is 5.15. The van der Waals surface area contributed by atoms with Gasteiger partial charge in [0.1, 0.15) is 0 Å². The Bertz CT molecular complexity index is 616. The van der Waals surface area contributed by atoms with Crippen molar-refractivity contribution in [1.82, 2.24) is 4.98 Å². The van der Waals surface area contributed by atoms with Crippen LogP contribution < -0.4 is 5.32 Å². The SMILES string of the molecule is OCc1ccc(NC2CCc3cccnc3CC2)cc1CO. The molecular weight excluding hydrogens is 276 g/mol. The minimum absolute atomic E-state index is 0.0411. The number of aromatic nitrogens is 1. The Morgan fingerprint density at radius 3 is 2.68 bits per heavy atom. The van der Waals surface area contributed by atoms with Crippen molar-refractivity contribution in [2.45, 2.75) is 44.9 Å². The van der Waals surface area contributed by atoms with Gasteiger partial charge in [-0.25, -0.2) is 0 Å². The Balaban J connectivity index is 1.69. The average molecular weight is 298 g/mol. The van der Waals surface area contributed by atoms with Crippen LogP contribution in [0.5, 0.6) is 0 Å². The van der Waals surface area contributed by atoms with E-state index < -0.39 is 0 Å². The molecule has 1 aliphatic rings. The highest BCUT2D eigenvalue weighted by molar-refractivity contribution is 5.49. The molecule has 4 heteroatoms. The van der Waals surface area contributed by atoms with Gasteiger partial charge in [-0.3, -0.25) is 4.98 Å². The van der Waals surface area contributed by atoms with Gasteiger partial charge in [0, 0.05) is 23.6 Å². The molecule has 22 heavy (non-hydrogen) atoms. The van der Waals surface area contributed by atoms with Gasteiger partial charge in [-0.05, 0) is 60.6 Å². The fraction of sp³-hybridized carbons (Fsp3) is 0.389. The Morgan fingerprint density at radius 2 is 1.86 bits per heavy atom. The van der Waals surface area contributed by atoms with E-state index in [1.54, 1.807) is 0 Å². The third-order valence-corrected chi connectivity index (χ3v) is 4.39. The quantitative estimate of drug-likeness (QED) is 0.759. The van der Waals surface area contributed by atoms with E-state index in [2.05, 4.69) is 16.4 Å². The highest BCUT2D eigenvalue weighted by atomic mass is 16.3. The van der Waals surface area contributed by atoms with Crippen LogP contribution in [0.15, 0.2) is 36.5 Å². The van der Waals surface area contributed by atoms with Crippen LogP contribution >= 0.6 is 0 Å². The summed E-state index contributed by atoms with van der Waals surface area (Å²) in [4.78, 5) is 4.48. The Morgan fingerprint density at radius 1 is 1.05 bits per heavy atom. The van der Waals surface area contributed by atoms with Crippen molar-refractivity contribution >= 4 is 5.69 Å². The molecule has 3 rings (SSSR count). The van der Waals surface area contributed by atoms with Crippen LogP contribution in [0.2, 0.25) is 0 Å². The summed E-state index contributed by atoms with van der Waals surface area (Å²) in [6.07, 6.45) is 6.04. The van der Waals surface area contributed by atoms with Crippen LogP contribution in [-0.4, -0.2) is 21.2 Å². The number of aryl methyl sites for hydroxylation is 2. The molecule has 1 unspecified atom stereocenters. The van der Waals surface area contributed by atoms with Gasteiger partial charge >= 0.3 is 0 Å². The van der Waals surface area contributed by atoms with Crippen molar-refractivity contribution in [1.29, 1.82) is 0 Å². The smallest absolute Gasteiger partial charge is 0.0686 e. The van der Waals surface area contributed by atoms with Gasteiger partial charge in [-0.1, -0.05) is 12.1 Å². The highest BCUT2D eigenvalue weighted by Crippen LogP contribution is 2.23. The molecule has 0 radical (unpaired) electrons. The third-order valence-electron chi connectivity index (χ3n) is 4.39. The normalized spacial score (nSPS) is 17.6. The number of hydrogen-bond donors (Lipinski definition) is 3. The monoisotopic (exact) mass is 298 g/mol. The summed E-state index contributed by atoms with van der Waals surface area (Å²) in [5.74, 6) is 0. The first-order valence-corrected chi connectivity index (χ1v) is 7.83. The lowest BCUT2D eigenvalue weighted by Crippen LogP contribution is -2.19. The lowest BCUT2D eigenvalue weighted by molar-refractivity contribution is 0.260. The standard InChI is InChI=1S/C18H22N2O2/c21-11-14-4-6-17(10-15(14)12-22)20-16-5-3-13-2-1-9-19-18(13)8-7-16/h1-2,4,6,9-10,16,20-22H,3,5,7-8,11-12H2. The van der Waals surface area contributed by atoms with Gasteiger partial charge in [-0.15, -0.1) is 0 Å². The van der Waals surface area contributed by atoms with Crippen molar-refractivity contribution in [3.8, 4) is 0 Å². The number of rotatable bonds is 4. The molecule has 0 fully saturated rings. The van der Waals surface area contributed by atoms with Gasteiger partial charge in [-0.2, -0.15) is 0 Å². The summed E-state index contributed by atoms with van der Waals surface area (Å²) < 4.78 is 0. The van der Waals surface area contributed by atoms with E-state index >= 15 is 0 Å². The Hall–Kier alpha value is -1.91. The number of aliphatic hydroxyl groups is 2. The van der Waals surface area contributed by atoms with Crippen LogP contribution in [-0.2, 0) is 26.1 Å². The number of nitrogens with zero attached hydrogens (tertiary/aromatic N) is 1. The van der Waals surface area contributed by atoms with E-state index in [0.29, 0.717) is 6.04 Å². The summed E-state index contributed by atoms with van der Waals surface area (Å²) >= 11 is 0. The van der Waals surface area contributed by atoms with Crippen LogP contribution in [0.3, 0.4) is 0 Å². The topological polar surface area (TPSA) is 65.4 Å². The zero-order valence-electron chi connectivity index (χ0n) is 12.6. The molecule has 4 nitrogen and oxygen atoms in total. The van der Waals surface area contributed by atoms with Crippen molar-refractivity contribution in [2.24, 2.45) is 0 Å². The van der Waals surface area contributed by atoms with Gasteiger partial charge < -0.3 is 15.5 Å². The van der Waals surface area contributed by atoms with Crippen LogP contribution in [0, 0.1) is 0 Å². The van der Waals surface area contributed by atoms with E-state index in [4.69, 9.17) is 0 Å². The maximum Gasteiger partial charge on any atom is 0.0686 e. The molecule has 0 aliphatic heterocycles. The Labute approximate surface area is 130 Å². The number of pyridine rings is 1. The zero-order chi connectivity index (χ0) is 15.4. The van der Waals surface area contributed by atoms with Gasteiger partial charge in [0.15, 0.2) is 0 Å². The maximum absolute atomic E-state index is 9.40. The molecule has 0 bridgehead atoms. The zero-order valence-corrected chi connectivity index (χ0v) is 12.6. The summed E-state index contributed by atoms with van der Waals surface area (Å²) in [5, 5.41) is 22.2. The summed E-state index contributed by atoms with van der Waals surface area (Å²) in [6, 6.07) is 10.4. The maximum atomic E-state index is 9.40. The van der Waals surface area contributed by atoms with E-state index in [0.717, 1.165) is 42.5 Å². The van der Waals surface area contributed by atoms with Crippen LogP contribution in [0.4, 0.5) is 5.69 Å². The molecule has 2 aromatic rings. The fourth-order valence-electron chi connectivity index (χ4n) is 3.11. The second-order valence-electron chi connectivity index (χ2n) is 5.83. The molecule has 1 aromatic carbocycles. The number of fused-ring (bicyclic) bond motifs is 1. The summed E-state index contributed by atoms with van der Waals surface area (Å²) in [7, 11) is 0. The van der Waals surface area contributed by atoms with Gasteiger partial charge in [0.25, 0.3) is 0 Å². The number of aliphatic hydroxyl groups excluding tert-OH is 2. The van der Waals surface area contributed by atoms with Crippen molar-refractivity contribution in [2.75, 3.05) is 5.32 Å². The van der Waals surface area contributed by atoms with Crippen LogP contribution in [0.1, 0.15) is 35.2 Å². The predicted octanol–water partition coefficient (Wildman–Crippen LogP) is 2.43. The molecule has 3 N–H and O–H groups in total. The average Bonchev–Trinajstić information content (AvgIpc) is 2.77. The first-order valence-electron chi connectivity index (χ1n) is 7.83. The minimum atomic E-state index is -0.0502. The highest BCUT2D eigenvalue weighted by Gasteiger charge is 2.16. The third kappa shape index (κ3) is 3.29. The lowest BCUT2D eigenvalue weighted by Gasteiger charge is -2.18. The van der Waals surface area contributed by atoms with Crippen molar-refractivity contribution in [3.63, 3.8) is 0 Å². The molecule has 0 saturated heterocycles. The molecule has 0 spiro atoms. The van der Waals surface area contributed by atoms with Gasteiger partial charge in [0.05, 0.1) is 13.2 Å². The molecule has 1 heterocycles. The molecule has 1 aliphatic carbocycles. The second kappa shape index (κ2) is 6.90. The first kappa shape index (κ1) is 15.0. The van der Waals surface area contributed by atoms with Crippen molar-refractivity contribution in [3.05, 3.63) is 58.9 Å². The van der Waals surface area contributed by atoms with Crippen molar-refractivity contribution < 1.29 is 10.2 Å². The molecule has 0 saturated carbocycles. The summed E-state index contributed by atoms with van der Waals surface area (Å²) in [6.45, 7) is -0.0912. The number of hydrogen-bond acceptors (Lipinski definition) is 4.